The Bertz CT molecular complexity index is 600. The summed E-state index contributed by atoms with van der Waals surface area (Å²) in [6.45, 7) is 0. The Labute approximate surface area is 144 Å². The van der Waals surface area contributed by atoms with E-state index >= 15 is 0 Å². The average molecular weight is 368 g/mol. The van der Waals surface area contributed by atoms with E-state index in [9.17, 15) is 19.8 Å². The van der Waals surface area contributed by atoms with Gasteiger partial charge in [0.05, 0.1) is 25.3 Å². The molecule has 2 aromatic carbocycles. The standard InChI is InChI=1S/2C8H8O3.Cu/c2*1-11-7-4-2-3-6(5-9)8(7)10;/h2*2-5,10H,1H3;. The number of aldehydes is 2. The van der Waals surface area contributed by atoms with Crippen LogP contribution in [0.15, 0.2) is 36.4 Å². The normalized spacial score (nSPS) is 8.78. The topological polar surface area (TPSA) is 93.1 Å². The van der Waals surface area contributed by atoms with Gasteiger partial charge in [0.15, 0.2) is 35.6 Å². The zero-order valence-electron chi connectivity index (χ0n) is 12.4. The van der Waals surface area contributed by atoms with Crippen LogP contribution in [0.2, 0.25) is 0 Å². The van der Waals surface area contributed by atoms with Gasteiger partial charge in [-0.15, -0.1) is 0 Å². The molecular weight excluding hydrogens is 352 g/mol. The second-order valence-electron chi connectivity index (χ2n) is 4.03. The van der Waals surface area contributed by atoms with E-state index in [1.54, 1.807) is 24.3 Å². The molecular formula is C16H16CuO6. The summed E-state index contributed by atoms with van der Waals surface area (Å²) in [4.78, 5) is 20.6. The molecule has 0 heterocycles. The van der Waals surface area contributed by atoms with E-state index in [0.29, 0.717) is 24.1 Å². The first-order valence-corrected chi connectivity index (χ1v) is 6.21. The number of carbonyl (C=O) groups excluding carboxylic acids is 2. The van der Waals surface area contributed by atoms with Crippen molar-refractivity contribution in [3.05, 3.63) is 47.5 Å². The van der Waals surface area contributed by atoms with E-state index in [1.165, 1.54) is 26.4 Å². The number of rotatable bonds is 4. The maximum Gasteiger partial charge on any atom is 0.168 e. The fraction of sp³-hybridized carbons (Fsp3) is 0.125. The number of aromatic hydroxyl groups is 2. The van der Waals surface area contributed by atoms with Crippen LogP contribution in [0.25, 0.3) is 0 Å². The van der Waals surface area contributed by atoms with Crippen molar-refractivity contribution in [2.75, 3.05) is 14.2 Å². The summed E-state index contributed by atoms with van der Waals surface area (Å²) in [6.07, 6.45) is 1.16. The van der Waals surface area contributed by atoms with Crippen molar-refractivity contribution >= 4 is 12.6 Å². The molecule has 0 fully saturated rings. The summed E-state index contributed by atoms with van der Waals surface area (Å²) >= 11 is 0. The number of methoxy groups -OCH3 is 2. The first kappa shape index (κ1) is 20.5. The molecule has 2 aromatic rings. The van der Waals surface area contributed by atoms with E-state index in [1.807, 2.05) is 0 Å². The van der Waals surface area contributed by atoms with E-state index in [-0.39, 0.29) is 39.7 Å². The molecule has 6 nitrogen and oxygen atoms in total. The van der Waals surface area contributed by atoms with Crippen LogP contribution in [-0.2, 0) is 17.1 Å². The van der Waals surface area contributed by atoms with Gasteiger partial charge in [-0.05, 0) is 24.3 Å². The SMILES string of the molecule is COc1cccc(C=O)c1O.COc1cccc(C=O)c1O.[Cu]. The molecule has 0 saturated heterocycles. The third-order valence-electron chi connectivity index (χ3n) is 2.75. The molecule has 127 valence electrons. The molecule has 2 rings (SSSR count). The largest absolute Gasteiger partial charge is 0.504 e. The molecule has 0 aliphatic carbocycles. The van der Waals surface area contributed by atoms with Gasteiger partial charge in [-0.1, -0.05) is 12.1 Å². The van der Waals surface area contributed by atoms with Gasteiger partial charge in [0.1, 0.15) is 0 Å². The first-order chi connectivity index (χ1) is 10.6. The Kier molecular flexibility index (Phi) is 9.15. The second-order valence-corrected chi connectivity index (χ2v) is 4.03. The number of phenolic OH excluding ortho intramolecular Hbond substituents is 2. The number of benzene rings is 2. The molecule has 0 amide bonds. The summed E-state index contributed by atoms with van der Waals surface area (Å²) < 4.78 is 9.56. The Morgan fingerprint density at radius 2 is 1.13 bits per heavy atom. The number of ether oxygens (including phenoxy) is 2. The van der Waals surface area contributed by atoms with Gasteiger partial charge in [-0.2, -0.15) is 0 Å². The number of carbonyl (C=O) groups is 2. The minimum absolute atomic E-state index is 0. The van der Waals surface area contributed by atoms with Gasteiger partial charge in [0.25, 0.3) is 0 Å². The molecule has 0 aromatic heterocycles. The van der Waals surface area contributed by atoms with Crippen molar-refractivity contribution in [1.82, 2.24) is 0 Å². The Hall–Kier alpha value is -2.50. The van der Waals surface area contributed by atoms with Crippen LogP contribution in [0.4, 0.5) is 0 Å². The van der Waals surface area contributed by atoms with E-state index < -0.39 is 0 Å². The Balaban J connectivity index is 0.000000403. The minimum Gasteiger partial charge on any atom is -0.504 e. The molecule has 0 atom stereocenters. The van der Waals surface area contributed by atoms with Crippen LogP contribution in [0.5, 0.6) is 23.0 Å². The average Bonchev–Trinajstić information content (AvgIpc) is 2.56. The van der Waals surface area contributed by atoms with Crippen molar-refractivity contribution in [2.45, 2.75) is 0 Å². The monoisotopic (exact) mass is 367 g/mol. The molecule has 0 bridgehead atoms. The smallest absolute Gasteiger partial charge is 0.168 e. The third-order valence-corrected chi connectivity index (χ3v) is 2.75. The number of phenols is 2. The van der Waals surface area contributed by atoms with Crippen LogP contribution < -0.4 is 9.47 Å². The van der Waals surface area contributed by atoms with Crippen LogP contribution in [0.3, 0.4) is 0 Å². The molecule has 7 heteroatoms. The Morgan fingerprint density at radius 3 is 1.39 bits per heavy atom. The number of hydrogen-bond donors (Lipinski definition) is 2. The fourth-order valence-electron chi connectivity index (χ4n) is 1.60. The maximum atomic E-state index is 10.3. The quantitative estimate of drug-likeness (QED) is 0.636. The molecule has 1 radical (unpaired) electrons. The fourth-order valence-corrected chi connectivity index (χ4v) is 1.60. The van der Waals surface area contributed by atoms with Crippen LogP contribution in [0.1, 0.15) is 20.7 Å². The van der Waals surface area contributed by atoms with E-state index in [2.05, 4.69) is 0 Å². The predicted octanol–water partition coefficient (Wildman–Crippen LogP) is 2.42. The van der Waals surface area contributed by atoms with Crippen LogP contribution >= 0.6 is 0 Å². The van der Waals surface area contributed by atoms with Gasteiger partial charge < -0.3 is 19.7 Å². The summed E-state index contributed by atoms with van der Waals surface area (Å²) in [7, 11) is 2.87. The summed E-state index contributed by atoms with van der Waals surface area (Å²) in [6, 6.07) is 9.49. The molecule has 0 saturated carbocycles. The van der Waals surface area contributed by atoms with E-state index in [0.717, 1.165) is 0 Å². The van der Waals surface area contributed by atoms with Gasteiger partial charge in [0.2, 0.25) is 0 Å². The van der Waals surface area contributed by atoms with Crippen molar-refractivity contribution in [3.63, 3.8) is 0 Å². The van der Waals surface area contributed by atoms with E-state index in [4.69, 9.17) is 9.47 Å². The summed E-state index contributed by atoms with van der Waals surface area (Å²) in [5.74, 6) is 0.416. The zero-order chi connectivity index (χ0) is 16.5. The summed E-state index contributed by atoms with van der Waals surface area (Å²) in [5, 5.41) is 18.5. The molecule has 0 aliphatic rings. The molecule has 0 aliphatic heterocycles. The molecule has 0 spiro atoms. The van der Waals surface area contributed by atoms with Gasteiger partial charge in [-0.25, -0.2) is 0 Å². The second kappa shape index (κ2) is 10.3. The van der Waals surface area contributed by atoms with Crippen molar-refractivity contribution in [2.24, 2.45) is 0 Å². The molecule has 2 N–H and O–H groups in total. The number of hydrogen-bond acceptors (Lipinski definition) is 6. The predicted molar refractivity (Wildman–Crippen MR) is 80.1 cm³/mol. The zero-order valence-corrected chi connectivity index (χ0v) is 13.4. The molecule has 23 heavy (non-hydrogen) atoms. The minimum atomic E-state index is -0.106. The Morgan fingerprint density at radius 1 is 0.783 bits per heavy atom. The number of para-hydroxylation sites is 2. The third kappa shape index (κ3) is 5.32. The van der Waals surface area contributed by atoms with Gasteiger partial charge in [-0.3, -0.25) is 9.59 Å². The van der Waals surface area contributed by atoms with Crippen molar-refractivity contribution < 1.29 is 46.3 Å². The summed E-state index contributed by atoms with van der Waals surface area (Å²) in [5.41, 5.74) is 0.480. The van der Waals surface area contributed by atoms with Crippen LogP contribution in [-0.4, -0.2) is 37.0 Å². The molecule has 0 unspecified atom stereocenters. The van der Waals surface area contributed by atoms with Gasteiger partial charge >= 0.3 is 0 Å². The van der Waals surface area contributed by atoms with Gasteiger partial charge in [0, 0.05) is 17.1 Å². The van der Waals surface area contributed by atoms with Crippen molar-refractivity contribution in [3.8, 4) is 23.0 Å². The van der Waals surface area contributed by atoms with Crippen LogP contribution in [0, 0.1) is 0 Å². The van der Waals surface area contributed by atoms with Crippen molar-refractivity contribution in [1.29, 1.82) is 0 Å². The maximum absolute atomic E-state index is 10.3. The first-order valence-electron chi connectivity index (χ1n) is 6.21.